The first-order chi connectivity index (χ1) is 6.77. The molecule has 0 radical (unpaired) electrons. The fourth-order valence-corrected chi connectivity index (χ4v) is 3.50. The van der Waals surface area contributed by atoms with Gasteiger partial charge in [0, 0.05) is 21.2 Å². The van der Waals surface area contributed by atoms with Crippen LogP contribution in [-0.4, -0.2) is 6.26 Å². The molecule has 0 unspecified atom stereocenters. The highest BCUT2D eigenvalue weighted by Gasteiger charge is 2.10. The predicted octanol–water partition coefficient (Wildman–Crippen LogP) is 3.94. The summed E-state index contributed by atoms with van der Waals surface area (Å²) in [4.78, 5) is 1.12. The Hall–Kier alpha value is -0.380. The highest BCUT2D eigenvalue weighted by Crippen LogP contribution is 2.37. The van der Waals surface area contributed by atoms with Gasteiger partial charge in [-0.25, -0.2) is 0 Å². The van der Waals surface area contributed by atoms with Crippen molar-refractivity contribution in [1.82, 2.24) is 0 Å². The van der Waals surface area contributed by atoms with Crippen LogP contribution in [0, 0.1) is 0 Å². The van der Waals surface area contributed by atoms with Crippen molar-refractivity contribution in [1.29, 1.82) is 0 Å². The van der Waals surface area contributed by atoms with Crippen LogP contribution in [0.3, 0.4) is 0 Å². The molecule has 14 heavy (non-hydrogen) atoms. The van der Waals surface area contributed by atoms with Gasteiger partial charge in [0.05, 0.1) is 0 Å². The zero-order valence-electron chi connectivity index (χ0n) is 7.71. The zero-order chi connectivity index (χ0) is 10.1. The van der Waals surface area contributed by atoms with E-state index < -0.39 is 0 Å². The fraction of sp³-hybridized carbons (Fsp3) is 0.200. The first-order valence-electron chi connectivity index (χ1n) is 4.16. The van der Waals surface area contributed by atoms with Crippen molar-refractivity contribution in [2.75, 3.05) is 12.0 Å². The van der Waals surface area contributed by atoms with E-state index in [2.05, 4.69) is 11.4 Å². The molecule has 74 valence electrons. The Morgan fingerprint density at radius 2 is 2.36 bits per heavy atom. The summed E-state index contributed by atoms with van der Waals surface area (Å²) in [6.45, 7) is 0. The van der Waals surface area contributed by atoms with Gasteiger partial charge >= 0.3 is 0 Å². The minimum atomic E-state index is 0.522. The quantitative estimate of drug-likeness (QED) is 0.491. The Bertz CT molecular complexity index is 464. The van der Waals surface area contributed by atoms with Gasteiger partial charge in [-0.3, -0.25) is 0 Å². The van der Waals surface area contributed by atoms with Crippen LogP contribution in [0.2, 0.25) is 0 Å². The van der Waals surface area contributed by atoms with Gasteiger partial charge in [-0.05, 0) is 34.7 Å². The minimum Gasteiger partial charge on any atom is -0.398 e. The maximum absolute atomic E-state index is 5.96. The lowest BCUT2D eigenvalue weighted by molar-refractivity contribution is 1.31. The number of rotatable bonds is 2. The van der Waals surface area contributed by atoms with Gasteiger partial charge in [0.1, 0.15) is 0 Å². The molecule has 1 nitrogen and oxygen atoms in total. The summed E-state index contributed by atoms with van der Waals surface area (Å²) in [6, 6.07) is 4.14. The van der Waals surface area contributed by atoms with Gasteiger partial charge in [0.15, 0.2) is 0 Å². The maximum Gasteiger partial charge on any atom is 0.0492 e. The van der Waals surface area contributed by atoms with Crippen LogP contribution in [0.25, 0.3) is 10.1 Å². The Morgan fingerprint density at radius 1 is 1.57 bits per heavy atom. The normalized spacial score (nSPS) is 11.0. The lowest BCUT2D eigenvalue weighted by atomic mass is 10.1. The van der Waals surface area contributed by atoms with Crippen molar-refractivity contribution in [3.8, 4) is 0 Å². The molecular weight excluding hydrogens is 234 g/mol. The van der Waals surface area contributed by atoms with Crippen LogP contribution in [0.15, 0.2) is 22.4 Å². The van der Waals surface area contributed by atoms with Crippen molar-refractivity contribution in [3.05, 3.63) is 23.1 Å². The summed E-state index contributed by atoms with van der Waals surface area (Å²) in [7, 11) is 0. The van der Waals surface area contributed by atoms with Crippen LogP contribution in [0.1, 0.15) is 5.56 Å². The number of anilines is 1. The summed E-state index contributed by atoms with van der Waals surface area (Å²) >= 11 is 9.32. The Balaban J connectivity index is 2.82. The number of benzene rings is 1. The topological polar surface area (TPSA) is 26.0 Å². The number of hydrogen-bond acceptors (Lipinski definition) is 3. The Morgan fingerprint density at radius 3 is 3.00 bits per heavy atom. The maximum atomic E-state index is 5.96. The molecule has 4 heteroatoms. The molecule has 2 rings (SSSR count). The molecule has 2 aromatic rings. The summed E-state index contributed by atoms with van der Waals surface area (Å²) in [6.07, 6.45) is 2.03. The zero-order valence-corrected chi connectivity index (χ0v) is 10.1. The van der Waals surface area contributed by atoms with Crippen LogP contribution < -0.4 is 5.73 Å². The summed E-state index contributed by atoms with van der Waals surface area (Å²) in [5, 5.41) is 3.31. The third-order valence-electron chi connectivity index (χ3n) is 2.18. The van der Waals surface area contributed by atoms with Gasteiger partial charge < -0.3 is 5.73 Å². The van der Waals surface area contributed by atoms with E-state index in [1.807, 2.05) is 12.3 Å². The molecule has 0 saturated heterocycles. The van der Waals surface area contributed by atoms with E-state index in [4.69, 9.17) is 17.3 Å². The Labute approximate surface area is 96.2 Å². The summed E-state index contributed by atoms with van der Waals surface area (Å²) in [5.41, 5.74) is 7.96. The largest absolute Gasteiger partial charge is 0.398 e. The number of halogens is 1. The molecule has 1 heterocycles. The molecule has 0 saturated carbocycles. The van der Waals surface area contributed by atoms with Gasteiger partial charge in [-0.15, -0.1) is 34.7 Å². The standard InChI is InChI=1S/C10H10ClNS2/c1-13-10-7(5-11)6-2-3-14-9(6)4-8(10)12/h2-4H,5,12H2,1H3. The molecule has 1 aromatic heterocycles. The highest BCUT2D eigenvalue weighted by molar-refractivity contribution is 7.98. The van der Waals surface area contributed by atoms with E-state index in [1.54, 1.807) is 23.1 Å². The van der Waals surface area contributed by atoms with Crippen molar-refractivity contribution in [3.63, 3.8) is 0 Å². The van der Waals surface area contributed by atoms with Gasteiger partial charge in [-0.2, -0.15) is 0 Å². The smallest absolute Gasteiger partial charge is 0.0492 e. The number of nitrogens with two attached hydrogens (primary N) is 1. The summed E-state index contributed by atoms with van der Waals surface area (Å²) < 4.78 is 1.22. The van der Waals surface area contributed by atoms with E-state index in [-0.39, 0.29) is 0 Å². The molecule has 0 aliphatic rings. The van der Waals surface area contributed by atoms with Crippen molar-refractivity contribution >= 4 is 50.5 Å². The van der Waals surface area contributed by atoms with Crippen LogP contribution in [0.5, 0.6) is 0 Å². The second-order valence-electron chi connectivity index (χ2n) is 2.94. The highest BCUT2D eigenvalue weighted by atomic mass is 35.5. The number of thioether (sulfide) groups is 1. The molecule has 0 aliphatic carbocycles. The molecule has 0 atom stereocenters. The third kappa shape index (κ3) is 1.49. The SMILES string of the molecule is CSc1c(N)cc2sccc2c1CCl. The van der Waals surface area contributed by atoms with Crippen LogP contribution >= 0.6 is 34.7 Å². The van der Waals surface area contributed by atoms with E-state index >= 15 is 0 Å². The molecule has 0 aliphatic heterocycles. The number of thiophene rings is 1. The van der Waals surface area contributed by atoms with Crippen LogP contribution in [-0.2, 0) is 5.88 Å². The van der Waals surface area contributed by atoms with Gasteiger partial charge in [0.25, 0.3) is 0 Å². The molecule has 1 aromatic carbocycles. The summed E-state index contributed by atoms with van der Waals surface area (Å²) in [5.74, 6) is 0.522. The Kier molecular flexibility index (Phi) is 2.91. The van der Waals surface area contributed by atoms with E-state index in [0.717, 1.165) is 16.1 Å². The van der Waals surface area contributed by atoms with Crippen molar-refractivity contribution in [2.45, 2.75) is 10.8 Å². The molecule has 2 N–H and O–H groups in total. The van der Waals surface area contributed by atoms with E-state index in [1.165, 1.54) is 10.1 Å². The molecular formula is C10H10ClNS2. The minimum absolute atomic E-state index is 0.522. The molecule has 0 fully saturated rings. The van der Waals surface area contributed by atoms with Gasteiger partial charge in [-0.1, -0.05) is 0 Å². The van der Waals surface area contributed by atoms with Crippen molar-refractivity contribution < 1.29 is 0 Å². The number of nitrogen functional groups attached to an aromatic ring is 1. The third-order valence-corrected chi connectivity index (χ3v) is 4.20. The number of alkyl halides is 1. The molecule has 0 amide bonds. The number of fused-ring (bicyclic) bond motifs is 1. The second-order valence-corrected chi connectivity index (χ2v) is 4.98. The lowest BCUT2D eigenvalue weighted by Gasteiger charge is -2.09. The average Bonchev–Trinajstić information content (AvgIpc) is 2.62. The van der Waals surface area contributed by atoms with E-state index in [9.17, 15) is 0 Å². The van der Waals surface area contributed by atoms with E-state index in [0.29, 0.717) is 5.88 Å². The first kappa shape index (κ1) is 10.1. The monoisotopic (exact) mass is 243 g/mol. The fourth-order valence-electron chi connectivity index (χ4n) is 1.56. The first-order valence-corrected chi connectivity index (χ1v) is 6.80. The molecule has 0 spiro atoms. The van der Waals surface area contributed by atoms with Crippen molar-refractivity contribution in [2.24, 2.45) is 0 Å². The second kappa shape index (κ2) is 4.01. The number of hydrogen-bond donors (Lipinski definition) is 1. The van der Waals surface area contributed by atoms with Crippen LogP contribution in [0.4, 0.5) is 5.69 Å². The average molecular weight is 244 g/mol. The predicted molar refractivity (Wildman–Crippen MR) is 67.6 cm³/mol. The van der Waals surface area contributed by atoms with Gasteiger partial charge in [0.2, 0.25) is 0 Å². The molecule has 0 bridgehead atoms. The lowest BCUT2D eigenvalue weighted by Crippen LogP contribution is -1.93.